The standard InChI is InChI=1S/C19H27N7O/c1-2-14-12-25(6-5-24-7-9-27-10-8-24)13-15(14)19-23-22-17-11-21-18-16(26(17)19)3-4-20-18/h3-4,11,14-15,20H,2,5-10,12-13H2,1H3/t14-,15+/m0/s1. The van der Waals surface area contributed by atoms with Crippen LogP contribution in [-0.2, 0) is 4.74 Å². The summed E-state index contributed by atoms with van der Waals surface area (Å²) in [7, 11) is 0. The predicted octanol–water partition coefficient (Wildman–Crippen LogP) is 1.36. The van der Waals surface area contributed by atoms with E-state index in [2.05, 4.69) is 47.4 Å². The molecule has 0 unspecified atom stereocenters. The molecule has 3 aromatic heterocycles. The molecule has 0 saturated carbocycles. The summed E-state index contributed by atoms with van der Waals surface area (Å²) in [5, 5.41) is 9.00. The Bertz CT molecular complexity index is 913. The van der Waals surface area contributed by atoms with Crippen molar-refractivity contribution < 1.29 is 4.74 Å². The summed E-state index contributed by atoms with van der Waals surface area (Å²) in [5.74, 6) is 2.11. The molecule has 2 atom stereocenters. The zero-order chi connectivity index (χ0) is 18.2. The van der Waals surface area contributed by atoms with Crippen LogP contribution in [0.1, 0.15) is 25.1 Å². The first kappa shape index (κ1) is 17.1. The summed E-state index contributed by atoms with van der Waals surface area (Å²) >= 11 is 0. The summed E-state index contributed by atoms with van der Waals surface area (Å²) in [4.78, 5) is 12.8. The van der Waals surface area contributed by atoms with Gasteiger partial charge in [-0.25, -0.2) is 4.98 Å². The third-order valence-corrected chi connectivity index (χ3v) is 6.18. The third kappa shape index (κ3) is 3.11. The summed E-state index contributed by atoms with van der Waals surface area (Å²) in [6.45, 7) is 10.6. The number of fused-ring (bicyclic) bond motifs is 3. The molecule has 144 valence electrons. The van der Waals surface area contributed by atoms with Gasteiger partial charge in [-0.1, -0.05) is 13.3 Å². The first-order valence-corrected chi connectivity index (χ1v) is 10.0. The number of nitrogens with zero attached hydrogens (tertiary/aromatic N) is 6. The zero-order valence-corrected chi connectivity index (χ0v) is 15.8. The molecular weight excluding hydrogens is 342 g/mol. The van der Waals surface area contributed by atoms with Crippen LogP contribution >= 0.6 is 0 Å². The summed E-state index contributed by atoms with van der Waals surface area (Å²) < 4.78 is 7.65. The molecular formula is C19H27N7O. The van der Waals surface area contributed by atoms with Crippen molar-refractivity contribution in [1.29, 1.82) is 0 Å². The molecule has 2 saturated heterocycles. The maximum atomic E-state index is 5.46. The molecule has 0 aliphatic carbocycles. The maximum absolute atomic E-state index is 5.46. The van der Waals surface area contributed by atoms with Gasteiger partial charge in [0.05, 0.1) is 24.9 Å². The molecule has 0 aromatic carbocycles. The van der Waals surface area contributed by atoms with Crippen molar-refractivity contribution >= 4 is 16.8 Å². The average Bonchev–Trinajstić information content (AvgIpc) is 3.43. The highest BCUT2D eigenvalue weighted by Gasteiger charge is 2.36. The van der Waals surface area contributed by atoms with E-state index in [1.807, 2.05) is 6.20 Å². The largest absolute Gasteiger partial charge is 0.379 e. The van der Waals surface area contributed by atoms with E-state index in [0.717, 1.165) is 81.5 Å². The number of H-pyrrole nitrogens is 1. The van der Waals surface area contributed by atoms with Gasteiger partial charge in [0.25, 0.3) is 0 Å². The minimum absolute atomic E-state index is 0.412. The van der Waals surface area contributed by atoms with E-state index in [0.29, 0.717) is 11.8 Å². The van der Waals surface area contributed by atoms with Crippen LogP contribution in [0, 0.1) is 5.92 Å². The van der Waals surface area contributed by atoms with Gasteiger partial charge in [0.15, 0.2) is 11.3 Å². The second-order valence-corrected chi connectivity index (χ2v) is 7.71. The number of morpholine rings is 1. The van der Waals surface area contributed by atoms with Crippen LogP contribution in [0.5, 0.6) is 0 Å². The van der Waals surface area contributed by atoms with Gasteiger partial charge >= 0.3 is 0 Å². The van der Waals surface area contributed by atoms with Crippen LogP contribution in [0.3, 0.4) is 0 Å². The molecule has 5 rings (SSSR count). The van der Waals surface area contributed by atoms with E-state index in [-0.39, 0.29) is 0 Å². The van der Waals surface area contributed by atoms with E-state index in [1.54, 1.807) is 6.20 Å². The molecule has 0 spiro atoms. The molecule has 8 nitrogen and oxygen atoms in total. The van der Waals surface area contributed by atoms with E-state index >= 15 is 0 Å². The third-order valence-electron chi connectivity index (χ3n) is 6.18. The molecule has 0 amide bonds. The number of hydrogen-bond donors (Lipinski definition) is 1. The van der Waals surface area contributed by atoms with Crippen molar-refractivity contribution in [1.82, 2.24) is 34.4 Å². The van der Waals surface area contributed by atoms with Gasteiger partial charge in [0, 0.05) is 51.4 Å². The number of aromatic nitrogens is 5. The van der Waals surface area contributed by atoms with Crippen LogP contribution in [-0.4, -0.2) is 86.8 Å². The Balaban J connectivity index is 1.37. The van der Waals surface area contributed by atoms with Crippen molar-refractivity contribution in [2.75, 3.05) is 52.5 Å². The minimum Gasteiger partial charge on any atom is -0.379 e. The number of likely N-dealkylation sites (tertiary alicyclic amines) is 1. The Morgan fingerprint density at radius 2 is 2.00 bits per heavy atom. The van der Waals surface area contributed by atoms with Crippen molar-refractivity contribution in [2.45, 2.75) is 19.3 Å². The van der Waals surface area contributed by atoms with Gasteiger partial charge in [-0.3, -0.25) is 9.30 Å². The summed E-state index contributed by atoms with van der Waals surface area (Å²) in [6, 6.07) is 2.06. The molecule has 3 aromatic rings. The molecule has 5 heterocycles. The zero-order valence-electron chi connectivity index (χ0n) is 15.8. The van der Waals surface area contributed by atoms with E-state index in [9.17, 15) is 0 Å². The first-order valence-electron chi connectivity index (χ1n) is 10.0. The quantitative estimate of drug-likeness (QED) is 0.732. The fraction of sp³-hybridized carbons (Fsp3) is 0.632. The second kappa shape index (κ2) is 7.18. The highest BCUT2D eigenvalue weighted by atomic mass is 16.5. The highest BCUT2D eigenvalue weighted by Crippen LogP contribution is 2.34. The number of aromatic amines is 1. The molecule has 2 aliphatic heterocycles. The Labute approximate surface area is 158 Å². The Hall–Kier alpha value is -2.03. The van der Waals surface area contributed by atoms with Crippen LogP contribution in [0.4, 0.5) is 0 Å². The molecule has 1 N–H and O–H groups in total. The fourth-order valence-corrected chi connectivity index (χ4v) is 4.60. The monoisotopic (exact) mass is 369 g/mol. The molecule has 27 heavy (non-hydrogen) atoms. The maximum Gasteiger partial charge on any atom is 0.179 e. The Morgan fingerprint density at radius 3 is 2.85 bits per heavy atom. The normalized spacial score (nSPS) is 25.1. The van der Waals surface area contributed by atoms with Crippen LogP contribution in [0.15, 0.2) is 18.5 Å². The molecule has 2 aliphatic rings. The lowest BCUT2D eigenvalue weighted by Crippen LogP contribution is -2.41. The van der Waals surface area contributed by atoms with Crippen LogP contribution in [0.2, 0.25) is 0 Å². The smallest absolute Gasteiger partial charge is 0.179 e. The van der Waals surface area contributed by atoms with Gasteiger partial charge < -0.3 is 14.6 Å². The Morgan fingerprint density at radius 1 is 1.15 bits per heavy atom. The lowest BCUT2D eigenvalue weighted by atomic mass is 9.93. The molecule has 2 fully saturated rings. The van der Waals surface area contributed by atoms with Crippen molar-refractivity contribution in [3.8, 4) is 0 Å². The molecule has 8 heteroatoms. The van der Waals surface area contributed by atoms with E-state index in [1.165, 1.54) is 0 Å². The highest BCUT2D eigenvalue weighted by molar-refractivity contribution is 5.74. The minimum atomic E-state index is 0.412. The SMILES string of the molecule is CC[C@H]1CN(CCN2CCOCC2)C[C@H]1c1nnc2cnc3[nH]ccc3n12. The number of ether oxygens (including phenoxy) is 1. The number of nitrogens with one attached hydrogen (secondary N) is 1. The van der Waals surface area contributed by atoms with Crippen LogP contribution < -0.4 is 0 Å². The average molecular weight is 369 g/mol. The second-order valence-electron chi connectivity index (χ2n) is 7.71. The van der Waals surface area contributed by atoms with Gasteiger partial charge in [-0.2, -0.15) is 0 Å². The first-order chi connectivity index (χ1) is 13.3. The summed E-state index contributed by atoms with van der Waals surface area (Å²) in [5.41, 5.74) is 2.78. The van der Waals surface area contributed by atoms with E-state index < -0.39 is 0 Å². The summed E-state index contributed by atoms with van der Waals surface area (Å²) in [6.07, 6.45) is 4.90. The topological polar surface area (TPSA) is 74.6 Å². The fourth-order valence-electron chi connectivity index (χ4n) is 4.60. The Kier molecular flexibility index (Phi) is 4.55. The lowest BCUT2D eigenvalue weighted by molar-refractivity contribution is 0.0342. The van der Waals surface area contributed by atoms with Crippen molar-refractivity contribution in [3.63, 3.8) is 0 Å². The van der Waals surface area contributed by atoms with Gasteiger partial charge in [0.2, 0.25) is 0 Å². The predicted molar refractivity (Wildman–Crippen MR) is 103 cm³/mol. The van der Waals surface area contributed by atoms with Crippen molar-refractivity contribution in [3.05, 3.63) is 24.3 Å². The number of hydrogen-bond acceptors (Lipinski definition) is 6. The molecule has 0 bridgehead atoms. The molecule has 0 radical (unpaired) electrons. The van der Waals surface area contributed by atoms with Crippen molar-refractivity contribution in [2.24, 2.45) is 5.92 Å². The van der Waals surface area contributed by atoms with E-state index in [4.69, 9.17) is 4.74 Å². The van der Waals surface area contributed by atoms with Gasteiger partial charge in [0.1, 0.15) is 5.82 Å². The van der Waals surface area contributed by atoms with Gasteiger partial charge in [-0.05, 0) is 12.0 Å². The van der Waals surface area contributed by atoms with Crippen LogP contribution in [0.25, 0.3) is 16.8 Å². The van der Waals surface area contributed by atoms with Gasteiger partial charge in [-0.15, -0.1) is 10.2 Å². The lowest BCUT2D eigenvalue weighted by Gasteiger charge is -2.28. The number of rotatable bonds is 5.